The van der Waals surface area contributed by atoms with Crippen LogP contribution in [0.5, 0.6) is 11.5 Å². The molecule has 3 aromatic carbocycles. The molecule has 6 heteroatoms. The number of nitrogens with zero attached hydrogens (tertiary/aromatic N) is 2. The molecule has 0 fully saturated rings. The molecule has 0 aliphatic heterocycles. The fourth-order valence-corrected chi connectivity index (χ4v) is 3.33. The Hall–Kier alpha value is -3.64. The maximum Gasteiger partial charge on any atom is 0.261 e. The van der Waals surface area contributed by atoms with Crippen molar-refractivity contribution >= 4 is 10.9 Å². The molecular weight excluding hydrogens is 392 g/mol. The van der Waals surface area contributed by atoms with Gasteiger partial charge in [-0.3, -0.25) is 9.36 Å². The monoisotopic (exact) mass is 416 g/mol. The number of fused-ring (bicyclic) bond motifs is 1. The van der Waals surface area contributed by atoms with Crippen LogP contribution < -0.4 is 15.0 Å². The highest BCUT2D eigenvalue weighted by Gasteiger charge is 2.13. The molecule has 31 heavy (non-hydrogen) atoms. The van der Waals surface area contributed by atoms with Crippen molar-refractivity contribution in [3.8, 4) is 22.9 Å². The Morgan fingerprint density at radius 1 is 0.806 bits per heavy atom. The van der Waals surface area contributed by atoms with E-state index < -0.39 is 0 Å². The van der Waals surface area contributed by atoms with Crippen LogP contribution in [0.25, 0.3) is 22.3 Å². The minimum Gasteiger partial charge on any atom is -0.497 e. The molecule has 6 nitrogen and oxygen atoms in total. The summed E-state index contributed by atoms with van der Waals surface area (Å²) in [5.74, 6) is 2.17. The molecule has 0 unspecified atom stereocenters. The van der Waals surface area contributed by atoms with Gasteiger partial charge in [-0.05, 0) is 48.5 Å². The molecule has 0 saturated carbocycles. The van der Waals surface area contributed by atoms with Gasteiger partial charge in [0.2, 0.25) is 0 Å². The zero-order chi connectivity index (χ0) is 21.5. The van der Waals surface area contributed by atoms with E-state index >= 15 is 0 Å². The van der Waals surface area contributed by atoms with E-state index in [0.717, 1.165) is 17.1 Å². The largest absolute Gasteiger partial charge is 0.497 e. The number of para-hydroxylation sites is 2. The minimum atomic E-state index is -0.0828. The van der Waals surface area contributed by atoms with E-state index in [9.17, 15) is 4.79 Å². The van der Waals surface area contributed by atoms with Crippen molar-refractivity contribution in [2.45, 2.75) is 6.54 Å². The molecule has 0 aliphatic rings. The van der Waals surface area contributed by atoms with Gasteiger partial charge in [-0.1, -0.05) is 30.3 Å². The van der Waals surface area contributed by atoms with Crippen molar-refractivity contribution in [1.82, 2.24) is 9.55 Å². The second-order valence-electron chi connectivity index (χ2n) is 6.91. The average molecular weight is 416 g/mol. The summed E-state index contributed by atoms with van der Waals surface area (Å²) in [7, 11) is 1.62. The van der Waals surface area contributed by atoms with Crippen molar-refractivity contribution in [1.29, 1.82) is 0 Å². The Balaban J connectivity index is 1.49. The molecule has 0 N–H and O–H groups in total. The Morgan fingerprint density at radius 2 is 1.55 bits per heavy atom. The molecule has 0 aliphatic carbocycles. The predicted octanol–water partition coefficient (Wildman–Crippen LogP) is 4.17. The standard InChI is InChI=1S/C25H24N2O4/c1-29-20-13-11-19(12-14-20)24-26-23-10-6-5-9-22(23)25(28)27(24)15-16-30-17-18-31-21-7-3-2-4-8-21/h2-14H,15-18H2,1H3. The third-order valence-electron chi connectivity index (χ3n) is 4.91. The van der Waals surface area contributed by atoms with E-state index in [4.69, 9.17) is 19.2 Å². The van der Waals surface area contributed by atoms with Gasteiger partial charge in [0, 0.05) is 5.56 Å². The molecule has 1 aromatic heterocycles. The first-order valence-electron chi connectivity index (χ1n) is 10.2. The number of hydrogen-bond donors (Lipinski definition) is 0. The van der Waals surface area contributed by atoms with Crippen LogP contribution in [-0.2, 0) is 11.3 Å². The minimum absolute atomic E-state index is 0.0828. The summed E-state index contributed by atoms with van der Waals surface area (Å²) >= 11 is 0. The van der Waals surface area contributed by atoms with E-state index in [1.165, 1.54) is 0 Å². The van der Waals surface area contributed by atoms with Gasteiger partial charge in [0.05, 0.1) is 37.8 Å². The molecule has 0 atom stereocenters. The second kappa shape index (κ2) is 9.91. The molecule has 0 amide bonds. The zero-order valence-corrected chi connectivity index (χ0v) is 17.4. The van der Waals surface area contributed by atoms with Crippen LogP contribution in [-0.4, -0.2) is 36.5 Å². The van der Waals surface area contributed by atoms with Crippen LogP contribution >= 0.6 is 0 Å². The van der Waals surface area contributed by atoms with Crippen molar-refractivity contribution in [3.63, 3.8) is 0 Å². The Kier molecular flexibility index (Phi) is 6.59. The zero-order valence-electron chi connectivity index (χ0n) is 17.4. The van der Waals surface area contributed by atoms with E-state index in [2.05, 4.69) is 0 Å². The Morgan fingerprint density at radius 3 is 2.32 bits per heavy atom. The molecule has 4 rings (SSSR count). The van der Waals surface area contributed by atoms with Gasteiger partial charge in [-0.15, -0.1) is 0 Å². The molecule has 158 valence electrons. The molecule has 0 spiro atoms. The lowest BCUT2D eigenvalue weighted by molar-refractivity contribution is 0.0941. The van der Waals surface area contributed by atoms with Crippen LogP contribution in [0, 0.1) is 0 Å². The maximum atomic E-state index is 13.2. The Bertz CT molecular complexity index is 1190. The van der Waals surface area contributed by atoms with Crippen LogP contribution in [0.1, 0.15) is 0 Å². The first kappa shape index (κ1) is 20.6. The molecule has 0 bridgehead atoms. The van der Waals surface area contributed by atoms with E-state index in [0.29, 0.717) is 43.1 Å². The average Bonchev–Trinajstić information content (AvgIpc) is 2.83. The van der Waals surface area contributed by atoms with Gasteiger partial charge in [-0.2, -0.15) is 0 Å². The van der Waals surface area contributed by atoms with Gasteiger partial charge < -0.3 is 14.2 Å². The fourth-order valence-electron chi connectivity index (χ4n) is 3.33. The van der Waals surface area contributed by atoms with E-state index in [1.54, 1.807) is 17.7 Å². The maximum absolute atomic E-state index is 13.2. The van der Waals surface area contributed by atoms with Gasteiger partial charge >= 0.3 is 0 Å². The number of benzene rings is 3. The second-order valence-corrected chi connectivity index (χ2v) is 6.91. The van der Waals surface area contributed by atoms with Gasteiger partial charge in [-0.25, -0.2) is 4.98 Å². The van der Waals surface area contributed by atoms with E-state index in [-0.39, 0.29) is 5.56 Å². The molecular formula is C25H24N2O4. The fraction of sp³-hybridized carbons (Fsp3) is 0.200. The summed E-state index contributed by atoms with van der Waals surface area (Å²) in [5.41, 5.74) is 1.43. The van der Waals surface area contributed by atoms with Crippen LogP contribution in [0.15, 0.2) is 83.7 Å². The molecule has 0 radical (unpaired) electrons. The van der Waals surface area contributed by atoms with Crippen molar-refractivity contribution in [2.75, 3.05) is 26.9 Å². The lowest BCUT2D eigenvalue weighted by atomic mass is 10.1. The third-order valence-corrected chi connectivity index (χ3v) is 4.91. The summed E-state index contributed by atoms with van der Waals surface area (Å²) in [4.78, 5) is 17.9. The molecule has 0 saturated heterocycles. The summed E-state index contributed by atoms with van der Waals surface area (Å²) in [6.45, 7) is 1.65. The molecule has 4 aromatic rings. The van der Waals surface area contributed by atoms with Crippen LogP contribution in [0.4, 0.5) is 0 Å². The lowest BCUT2D eigenvalue weighted by Gasteiger charge is -2.14. The van der Waals surface area contributed by atoms with Crippen molar-refractivity contribution in [3.05, 3.63) is 89.2 Å². The first-order chi connectivity index (χ1) is 15.3. The highest BCUT2D eigenvalue weighted by atomic mass is 16.5. The van der Waals surface area contributed by atoms with E-state index in [1.807, 2.05) is 72.8 Å². The lowest BCUT2D eigenvalue weighted by Crippen LogP contribution is -2.26. The van der Waals surface area contributed by atoms with Gasteiger partial charge in [0.1, 0.15) is 23.9 Å². The number of aromatic nitrogens is 2. The smallest absolute Gasteiger partial charge is 0.261 e. The number of methoxy groups -OCH3 is 1. The van der Waals surface area contributed by atoms with Crippen LogP contribution in [0.3, 0.4) is 0 Å². The summed E-state index contributed by atoms with van der Waals surface area (Å²) in [6.07, 6.45) is 0. The SMILES string of the molecule is COc1ccc(-c2nc3ccccc3c(=O)n2CCOCCOc2ccccc2)cc1. The van der Waals surface area contributed by atoms with Gasteiger partial charge in [0.25, 0.3) is 5.56 Å². The topological polar surface area (TPSA) is 62.6 Å². The normalized spacial score (nSPS) is 10.9. The van der Waals surface area contributed by atoms with Crippen LogP contribution in [0.2, 0.25) is 0 Å². The number of hydrogen-bond acceptors (Lipinski definition) is 5. The quantitative estimate of drug-likeness (QED) is 0.383. The van der Waals surface area contributed by atoms with Crippen molar-refractivity contribution in [2.24, 2.45) is 0 Å². The summed E-state index contributed by atoms with van der Waals surface area (Å²) in [5, 5.41) is 0.590. The molecule has 1 heterocycles. The van der Waals surface area contributed by atoms with Crippen molar-refractivity contribution < 1.29 is 14.2 Å². The highest BCUT2D eigenvalue weighted by molar-refractivity contribution is 5.79. The summed E-state index contributed by atoms with van der Waals surface area (Å²) < 4.78 is 18.3. The highest BCUT2D eigenvalue weighted by Crippen LogP contribution is 2.22. The first-order valence-corrected chi connectivity index (χ1v) is 10.2. The number of ether oxygens (including phenoxy) is 3. The predicted molar refractivity (Wildman–Crippen MR) is 121 cm³/mol. The summed E-state index contributed by atoms with van der Waals surface area (Å²) in [6, 6.07) is 24.5. The number of rotatable bonds is 9. The van der Waals surface area contributed by atoms with Gasteiger partial charge in [0.15, 0.2) is 0 Å². The Labute approximate surface area is 180 Å². The third kappa shape index (κ3) is 4.92.